The van der Waals surface area contributed by atoms with E-state index in [1.54, 1.807) is 0 Å². The number of hydrogen-bond acceptors (Lipinski definition) is 3. The smallest absolute Gasteiger partial charge is 0.196 e. The molecule has 1 N–H and O–H groups in total. The van der Waals surface area contributed by atoms with E-state index in [0.717, 1.165) is 18.7 Å². The van der Waals surface area contributed by atoms with Crippen LogP contribution in [0.2, 0.25) is 0 Å². The quantitative estimate of drug-likeness (QED) is 0.867. The number of anilines is 1. The summed E-state index contributed by atoms with van der Waals surface area (Å²) in [6.45, 7) is 3.45. The molecule has 3 nitrogen and oxygen atoms in total. The van der Waals surface area contributed by atoms with Gasteiger partial charge in [0.15, 0.2) is 11.5 Å². The van der Waals surface area contributed by atoms with E-state index in [2.05, 4.69) is 12.2 Å². The Kier molecular flexibility index (Phi) is 3.42. The fourth-order valence-corrected chi connectivity index (χ4v) is 2.44. The van der Waals surface area contributed by atoms with Crippen LogP contribution in [0.25, 0.3) is 0 Å². The Morgan fingerprint density at radius 2 is 2.10 bits per heavy atom. The Bertz CT molecular complexity index is 649. The monoisotopic (exact) mass is 267 g/mol. The molecule has 0 fully saturated rings. The van der Waals surface area contributed by atoms with Gasteiger partial charge in [-0.05, 0) is 30.2 Å². The number of aryl methyl sites for hydroxylation is 1. The molecule has 0 radical (unpaired) electrons. The summed E-state index contributed by atoms with van der Waals surface area (Å²) in [6, 6.07) is 13.4. The number of para-hydroxylation sites is 1. The molecule has 2 aromatic carbocycles. The van der Waals surface area contributed by atoms with Gasteiger partial charge in [0.05, 0.1) is 11.3 Å². The van der Waals surface area contributed by atoms with Crippen LogP contribution in [0.15, 0.2) is 42.5 Å². The van der Waals surface area contributed by atoms with E-state index >= 15 is 0 Å². The van der Waals surface area contributed by atoms with Gasteiger partial charge in [-0.2, -0.15) is 0 Å². The second kappa shape index (κ2) is 5.37. The van der Waals surface area contributed by atoms with Crippen LogP contribution in [0.1, 0.15) is 28.4 Å². The number of nitrogens with one attached hydrogen (secondary N) is 1. The van der Waals surface area contributed by atoms with Crippen molar-refractivity contribution in [3.05, 3.63) is 59.2 Å². The highest BCUT2D eigenvalue weighted by Crippen LogP contribution is 2.32. The number of ether oxygens (including phenoxy) is 1. The molecule has 0 atom stereocenters. The summed E-state index contributed by atoms with van der Waals surface area (Å²) in [5.41, 5.74) is 3.41. The molecule has 1 aliphatic rings. The molecular formula is C17H17NO2. The van der Waals surface area contributed by atoms with E-state index in [0.29, 0.717) is 23.5 Å². The summed E-state index contributed by atoms with van der Waals surface area (Å²) < 4.78 is 5.67. The van der Waals surface area contributed by atoms with Crippen molar-refractivity contribution in [1.29, 1.82) is 0 Å². The van der Waals surface area contributed by atoms with Gasteiger partial charge < -0.3 is 10.1 Å². The molecule has 0 saturated heterocycles. The van der Waals surface area contributed by atoms with Crippen molar-refractivity contribution >= 4 is 11.5 Å². The molecule has 0 unspecified atom stereocenters. The topological polar surface area (TPSA) is 38.3 Å². The highest BCUT2D eigenvalue weighted by molar-refractivity contribution is 6.11. The lowest BCUT2D eigenvalue weighted by atomic mass is 9.99. The molecule has 0 spiro atoms. The van der Waals surface area contributed by atoms with Gasteiger partial charge in [0.25, 0.3) is 0 Å². The Morgan fingerprint density at radius 1 is 1.25 bits per heavy atom. The van der Waals surface area contributed by atoms with Crippen molar-refractivity contribution in [2.45, 2.75) is 13.3 Å². The first kappa shape index (κ1) is 12.7. The standard InChI is InChI=1S/C17H17NO2/c1-2-12-5-3-6-13(11-12)16(19)14-7-4-8-15-17(14)20-10-9-18-15/h3-8,11,18H,2,9-10H2,1H3. The van der Waals surface area contributed by atoms with Crippen molar-refractivity contribution in [2.24, 2.45) is 0 Å². The largest absolute Gasteiger partial charge is 0.489 e. The van der Waals surface area contributed by atoms with E-state index in [1.807, 2.05) is 42.5 Å². The predicted molar refractivity (Wildman–Crippen MR) is 79.7 cm³/mol. The summed E-state index contributed by atoms with van der Waals surface area (Å²) in [4.78, 5) is 12.7. The van der Waals surface area contributed by atoms with Crippen LogP contribution in [0, 0.1) is 0 Å². The van der Waals surface area contributed by atoms with Gasteiger partial charge in [0, 0.05) is 12.1 Å². The maximum Gasteiger partial charge on any atom is 0.196 e. The maximum atomic E-state index is 12.7. The molecule has 0 bridgehead atoms. The summed E-state index contributed by atoms with van der Waals surface area (Å²) in [7, 11) is 0. The average molecular weight is 267 g/mol. The maximum absolute atomic E-state index is 12.7. The highest BCUT2D eigenvalue weighted by atomic mass is 16.5. The zero-order valence-corrected chi connectivity index (χ0v) is 11.5. The summed E-state index contributed by atoms with van der Waals surface area (Å²) in [5, 5.41) is 3.25. The lowest BCUT2D eigenvalue weighted by Crippen LogP contribution is -2.20. The van der Waals surface area contributed by atoms with Crippen molar-refractivity contribution in [2.75, 3.05) is 18.5 Å². The fourth-order valence-electron chi connectivity index (χ4n) is 2.44. The van der Waals surface area contributed by atoms with Gasteiger partial charge in [-0.1, -0.05) is 31.2 Å². The molecule has 0 saturated carbocycles. The normalized spacial score (nSPS) is 13.1. The van der Waals surface area contributed by atoms with Gasteiger partial charge in [0.1, 0.15) is 6.61 Å². The lowest BCUT2D eigenvalue weighted by molar-refractivity contribution is 0.103. The number of rotatable bonds is 3. The third-order valence-corrected chi connectivity index (χ3v) is 3.52. The molecule has 102 valence electrons. The number of fused-ring (bicyclic) bond motifs is 1. The molecule has 0 amide bonds. The Morgan fingerprint density at radius 3 is 2.95 bits per heavy atom. The van der Waals surface area contributed by atoms with Gasteiger partial charge in [-0.25, -0.2) is 0 Å². The number of hydrogen-bond donors (Lipinski definition) is 1. The van der Waals surface area contributed by atoms with E-state index in [9.17, 15) is 4.79 Å². The van der Waals surface area contributed by atoms with Crippen molar-refractivity contribution in [3.8, 4) is 5.75 Å². The van der Waals surface area contributed by atoms with Crippen LogP contribution in [0.4, 0.5) is 5.69 Å². The SMILES string of the molecule is CCc1cccc(C(=O)c2cccc3c2OCCN3)c1. The molecule has 3 heteroatoms. The molecular weight excluding hydrogens is 250 g/mol. The molecule has 1 heterocycles. The molecule has 0 aliphatic carbocycles. The zero-order valence-electron chi connectivity index (χ0n) is 11.5. The van der Waals surface area contributed by atoms with Gasteiger partial charge in [-0.3, -0.25) is 4.79 Å². The van der Waals surface area contributed by atoms with Crippen LogP contribution in [-0.4, -0.2) is 18.9 Å². The highest BCUT2D eigenvalue weighted by Gasteiger charge is 2.20. The molecule has 20 heavy (non-hydrogen) atoms. The molecule has 1 aliphatic heterocycles. The van der Waals surface area contributed by atoms with Crippen molar-refractivity contribution in [3.63, 3.8) is 0 Å². The minimum Gasteiger partial charge on any atom is -0.489 e. The average Bonchev–Trinajstić information content (AvgIpc) is 2.53. The number of carbonyl (C=O) groups excluding carboxylic acids is 1. The Labute approximate surface area is 118 Å². The first-order valence-corrected chi connectivity index (χ1v) is 6.93. The van der Waals surface area contributed by atoms with E-state index in [4.69, 9.17) is 4.74 Å². The second-order valence-electron chi connectivity index (χ2n) is 4.84. The summed E-state index contributed by atoms with van der Waals surface area (Å²) in [6.07, 6.45) is 0.923. The molecule has 2 aromatic rings. The van der Waals surface area contributed by atoms with E-state index in [-0.39, 0.29) is 5.78 Å². The van der Waals surface area contributed by atoms with Crippen LogP contribution >= 0.6 is 0 Å². The van der Waals surface area contributed by atoms with Crippen LogP contribution in [-0.2, 0) is 6.42 Å². The lowest BCUT2D eigenvalue weighted by Gasteiger charge is -2.21. The molecule has 3 rings (SSSR count). The Balaban J connectivity index is 2.02. The van der Waals surface area contributed by atoms with Gasteiger partial charge in [-0.15, -0.1) is 0 Å². The number of carbonyl (C=O) groups is 1. The fraction of sp³-hybridized carbons (Fsp3) is 0.235. The molecule has 0 aromatic heterocycles. The Hall–Kier alpha value is -2.29. The first-order chi connectivity index (χ1) is 9.79. The van der Waals surface area contributed by atoms with Crippen molar-refractivity contribution in [1.82, 2.24) is 0 Å². The van der Waals surface area contributed by atoms with Crippen LogP contribution < -0.4 is 10.1 Å². The third kappa shape index (κ3) is 2.27. The third-order valence-electron chi connectivity index (χ3n) is 3.52. The minimum absolute atomic E-state index is 0.0147. The second-order valence-corrected chi connectivity index (χ2v) is 4.84. The summed E-state index contributed by atoms with van der Waals surface area (Å²) in [5.74, 6) is 0.687. The van der Waals surface area contributed by atoms with E-state index in [1.165, 1.54) is 5.56 Å². The summed E-state index contributed by atoms with van der Waals surface area (Å²) >= 11 is 0. The number of ketones is 1. The minimum atomic E-state index is 0.0147. The predicted octanol–water partition coefficient (Wildman–Crippen LogP) is 3.28. The van der Waals surface area contributed by atoms with Crippen LogP contribution in [0.3, 0.4) is 0 Å². The van der Waals surface area contributed by atoms with Crippen LogP contribution in [0.5, 0.6) is 5.75 Å². The van der Waals surface area contributed by atoms with Gasteiger partial charge >= 0.3 is 0 Å². The zero-order chi connectivity index (χ0) is 13.9. The number of benzene rings is 2. The van der Waals surface area contributed by atoms with E-state index < -0.39 is 0 Å². The van der Waals surface area contributed by atoms with Crippen molar-refractivity contribution < 1.29 is 9.53 Å². The van der Waals surface area contributed by atoms with Gasteiger partial charge in [0.2, 0.25) is 0 Å². The first-order valence-electron chi connectivity index (χ1n) is 6.93.